The van der Waals surface area contributed by atoms with Crippen LogP contribution in [0.15, 0.2) is 64.7 Å². The molecule has 5 rings (SSSR count). The van der Waals surface area contributed by atoms with Crippen molar-refractivity contribution in [3.63, 3.8) is 0 Å². The molecule has 2 aromatic heterocycles. The van der Waals surface area contributed by atoms with Crippen molar-refractivity contribution in [2.24, 2.45) is 0 Å². The highest BCUT2D eigenvalue weighted by atomic mass is 32.2. The molecule has 0 bridgehead atoms. The van der Waals surface area contributed by atoms with E-state index in [1.807, 2.05) is 55.5 Å². The zero-order chi connectivity index (χ0) is 23.7. The van der Waals surface area contributed by atoms with Gasteiger partial charge in [-0.3, -0.25) is 14.2 Å². The molecule has 2 aromatic carbocycles. The summed E-state index contributed by atoms with van der Waals surface area (Å²) in [7, 11) is 1.64. The number of rotatable bonds is 7. The van der Waals surface area contributed by atoms with Gasteiger partial charge in [-0.15, -0.1) is 0 Å². The number of amides is 1. The van der Waals surface area contributed by atoms with E-state index in [0.29, 0.717) is 34.9 Å². The molecular weight excluding hydrogens is 450 g/mol. The van der Waals surface area contributed by atoms with Crippen LogP contribution in [0.1, 0.15) is 23.6 Å². The minimum absolute atomic E-state index is 0.0797. The Kier molecular flexibility index (Phi) is 6.10. The van der Waals surface area contributed by atoms with Crippen LogP contribution in [0.25, 0.3) is 16.7 Å². The third-order valence-corrected chi connectivity index (χ3v) is 7.10. The Morgan fingerprint density at radius 3 is 2.91 bits per heavy atom. The number of methoxy groups -OCH3 is 1. The van der Waals surface area contributed by atoms with Gasteiger partial charge in [0.15, 0.2) is 10.8 Å². The number of aromatic nitrogens is 4. The maximum atomic E-state index is 13.3. The van der Waals surface area contributed by atoms with Crippen LogP contribution in [0.4, 0.5) is 0 Å². The van der Waals surface area contributed by atoms with Crippen molar-refractivity contribution in [3.8, 4) is 11.4 Å². The number of hydrogen-bond acceptors (Lipinski definition) is 6. The fourth-order valence-corrected chi connectivity index (χ4v) is 5.35. The quantitative estimate of drug-likeness (QED) is 0.413. The Labute approximate surface area is 201 Å². The molecule has 3 heterocycles. The molecule has 174 valence electrons. The third-order valence-electron chi connectivity index (χ3n) is 6.01. The first-order chi connectivity index (χ1) is 16.5. The van der Waals surface area contributed by atoms with Crippen LogP contribution < -0.4 is 15.6 Å². The van der Waals surface area contributed by atoms with Crippen molar-refractivity contribution in [1.82, 2.24) is 24.6 Å². The summed E-state index contributed by atoms with van der Waals surface area (Å²) >= 11 is 1.50. The number of carbonyl (C=O) groups is 1. The number of aryl methyl sites for hydroxylation is 1. The fraction of sp³-hybridized carbons (Fsp3) is 0.280. The molecular formula is C25H25N5O3S. The normalized spacial score (nSPS) is 14.8. The number of fused-ring (bicyclic) bond motifs is 2. The Morgan fingerprint density at radius 2 is 2.09 bits per heavy atom. The minimum Gasteiger partial charge on any atom is -0.497 e. The van der Waals surface area contributed by atoms with E-state index in [9.17, 15) is 9.59 Å². The topological polar surface area (TPSA) is 91.0 Å². The summed E-state index contributed by atoms with van der Waals surface area (Å²) in [4.78, 5) is 30.7. The molecule has 0 fully saturated rings. The molecule has 4 aromatic rings. The van der Waals surface area contributed by atoms with Crippen LogP contribution in [-0.2, 0) is 11.2 Å². The highest BCUT2D eigenvalue weighted by molar-refractivity contribution is 7.99. The van der Waals surface area contributed by atoms with E-state index in [-0.39, 0.29) is 23.9 Å². The number of carbonyl (C=O) groups excluding carboxylic acids is 1. The molecule has 0 saturated carbocycles. The lowest BCUT2D eigenvalue weighted by molar-refractivity contribution is -0.121. The summed E-state index contributed by atoms with van der Waals surface area (Å²) in [6.45, 7) is 2.52. The lowest BCUT2D eigenvalue weighted by atomic mass is 10.1. The maximum Gasteiger partial charge on any atom is 0.265 e. The predicted molar refractivity (Wildman–Crippen MR) is 132 cm³/mol. The largest absolute Gasteiger partial charge is 0.497 e. The van der Waals surface area contributed by atoms with Crippen molar-refractivity contribution in [3.05, 3.63) is 76.2 Å². The average Bonchev–Trinajstić information content (AvgIpc) is 3.44. The van der Waals surface area contributed by atoms with Gasteiger partial charge < -0.3 is 10.1 Å². The SMILES string of the molecule is COc1cccc(CCNC(=O)CC2CSc3nc4c(cnn4-c4ccccc4C)c(=O)n32)c1. The zero-order valence-corrected chi connectivity index (χ0v) is 19.8. The number of ether oxygens (including phenoxy) is 1. The van der Waals surface area contributed by atoms with Gasteiger partial charge in [0, 0.05) is 18.7 Å². The van der Waals surface area contributed by atoms with Crippen LogP contribution in [0.5, 0.6) is 5.75 Å². The lowest BCUT2D eigenvalue weighted by Gasteiger charge is -2.14. The maximum absolute atomic E-state index is 13.3. The van der Waals surface area contributed by atoms with E-state index in [2.05, 4.69) is 10.4 Å². The molecule has 8 nitrogen and oxygen atoms in total. The molecule has 9 heteroatoms. The van der Waals surface area contributed by atoms with E-state index in [1.165, 1.54) is 11.8 Å². The van der Waals surface area contributed by atoms with Crippen molar-refractivity contribution in [2.75, 3.05) is 19.4 Å². The molecule has 0 radical (unpaired) electrons. The zero-order valence-electron chi connectivity index (χ0n) is 19.0. The van der Waals surface area contributed by atoms with Crippen LogP contribution in [-0.4, -0.2) is 44.6 Å². The Balaban J connectivity index is 1.31. The first-order valence-electron chi connectivity index (χ1n) is 11.1. The first-order valence-corrected chi connectivity index (χ1v) is 12.1. The van der Waals surface area contributed by atoms with Gasteiger partial charge in [0.2, 0.25) is 5.91 Å². The molecule has 0 aliphatic carbocycles. The third kappa shape index (κ3) is 4.19. The molecule has 34 heavy (non-hydrogen) atoms. The van der Waals surface area contributed by atoms with Gasteiger partial charge in [0.25, 0.3) is 5.56 Å². The standard InChI is InChI=1S/C25H25N5O3S/c1-16-6-3-4-9-21(16)30-23-20(14-27-30)24(32)29-18(15-34-25(29)28-23)13-22(31)26-11-10-17-7-5-8-19(12-17)33-2/h3-9,12,14,18H,10-11,13,15H2,1-2H3,(H,26,31). The Morgan fingerprint density at radius 1 is 1.24 bits per heavy atom. The minimum atomic E-state index is -0.233. The second-order valence-corrected chi connectivity index (χ2v) is 9.26. The summed E-state index contributed by atoms with van der Waals surface area (Å²) < 4.78 is 8.61. The predicted octanol–water partition coefficient (Wildman–Crippen LogP) is 3.30. The van der Waals surface area contributed by atoms with Gasteiger partial charge in [-0.25, -0.2) is 9.67 Å². The number of benzene rings is 2. The van der Waals surface area contributed by atoms with Crippen molar-refractivity contribution < 1.29 is 9.53 Å². The van der Waals surface area contributed by atoms with Crippen LogP contribution in [0.3, 0.4) is 0 Å². The van der Waals surface area contributed by atoms with E-state index in [0.717, 1.165) is 22.6 Å². The molecule has 1 aliphatic heterocycles. The molecule has 0 spiro atoms. The molecule has 1 amide bonds. The lowest BCUT2D eigenvalue weighted by Crippen LogP contribution is -2.31. The van der Waals surface area contributed by atoms with Crippen LogP contribution in [0, 0.1) is 6.92 Å². The van der Waals surface area contributed by atoms with Gasteiger partial charge in [0.1, 0.15) is 11.1 Å². The first kappa shape index (κ1) is 22.2. The average molecular weight is 476 g/mol. The smallest absolute Gasteiger partial charge is 0.265 e. The second-order valence-electron chi connectivity index (χ2n) is 8.27. The molecule has 1 atom stereocenters. The monoisotopic (exact) mass is 475 g/mol. The summed E-state index contributed by atoms with van der Waals surface area (Å²) in [5.41, 5.74) is 3.42. The highest BCUT2D eigenvalue weighted by Gasteiger charge is 2.29. The van der Waals surface area contributed by atoms with E-state index in [4.69, 9.17) is 9.72 Å². The van der Waals surface area contributed by atoms with E-state index >= 15 is 0 Å². The Hall–Kier alpha value is -3.59. The van der Waals surface area contributed by atoms with E-state index < -0.39 is 0 Å². The molecule has 0 saturated heterocycles. The van der Waals surface area contributed by atoms with Crippen molar-refractivity contribution in [2.45, 2.75) is 31.0 Å². The molecule has 1 N–H and O–H groups in total. The number of nitrogens with one attached hydrogen (secondary N) is 1. The van der Waals surface area contributed by atoms with Gasteiger partial charge in [0.05, 0.1) is 25.0 Å². The summed E-state index contributed by atoms with van der Waals surface area (Å²) in [6, 6.07) is 15.4. The van der Waals surface area contributed by atoms with Gasteiger partial charge in [-0.05, 0) is 42.7 Å². The summed E-state index contributed by atoms with van der Waals surface area (Å²) in [5, 5.41) is 8.50. The van der Waals surface area contributed by atoms with Gasteiger partial charge in [-0.1, -0.05) is 42.1 Å². The van der Waals surface area contributed by atoms with Crippen molar-refractivity contribution in [1.29, 1.82) is 0 Å². The number of nitrogens with zero attached hydrogens (tertiary/aromatic N) is 4. The van der Waals surface area contributed by atoms with Crippen LogP contribution >= 0.6 is 11.8 Å². The second kappa shape index (κ2) is 9.34. The van der Waals surface area contributed by atoms with Gasteiger partial charge >= 0.3 is 0 Å². The van der Waals surface area contributed by atoms with E-state index in [1.54, 1.807) is 22.6 Å². The number of hydrogen-bond donors (Lipinski definition) is 1. The fourth-order valence-electron chi connectivity index (χ4n) is 4.22. The van der Waals surface area contributed by atoms with Crippen LogP contribution in [0.2, 0.25) is 0 Å². The summed E-state index contributed by atoms with van der Waals surface area (Å²) in [6.07, 6.45) is 2.51. The number of thioether (sulfide) groups is 1. The summed E-state index contributed by atoms with van der Waals surface area (Å²) in [5.74, 6) is 1.35. The molecule has 1 unspecified atom stereocenters. The van der Waals surface area contributed by atoms with Crippen molar-refractivity contribution >= 4 is 28.7 Å². The number of para-hydroxylation sites is 1. The Bertz CT molecular complexity index is 1430. The highest BCUT2D eigenvalue weighted by Crippen LogP contribution is 2.33. The van der Waals surface area contributed by atoms with Gasteiger partial charge in [-0.2, -0.15) is 5.10 Å². The molecule has 1 aliphatic rings.